The summed E-state index contributed by atoms with van der Waals surface area (Å²) in [5.41, 5.74) is 0.460. The Morgan fingerprint density at radius 2 is 2.00 bits per heavy atom. The fourth-order valence-corrected chi connectivity index (χ4v) is 1.08. The average Bonchev–Trinajstić information content (AvgIpc) is 2.01. The summed E-state index contributed by atoms with van der Waals surface area (Å²) in [5.74, 6) is 0.729. The van der Waals surface area contributed by atoms with Crippen LogP contribution in [0.1, 0.15) is 38.2 Å². The van der Waals surface area contributed by atoms with Crippen LogP contribution in [0.5, 0.6) is 0 Å². The quantitative estimate of drug-likeness (QED) is 0.732. The van der Waals surface area contributed by atoms with Crippen LogP contribution in [-0.4, -0.2) is 16.3 Å². The van der Waals surface area contributed by atoms with E-state index in [1.54, 1.807) is 6.07 Å². The Kier molecular flexibility index (Phi) is 2.89. The molecular formula is C11H16N2O. The van der Waals surface area contributed by atoms with Gasteiger partial charge < -0.3 is 5.32 Å². The van der Waals surface area contributed by atoms with Crippen molar-refractivity contribution in [1.29, 1.82) is 0 Å². The smallest absolute Gasteiger partial charge is 0.178 e. The Bertz CT molecular complexity index is 339. The average molecular weight is 192 g/mol. The van der Waals surface area contributed by atoms with Crippen molar-refractivity contribution < 1.29 is 4.79 Å². The molecule has 0 aromatic carbocycles. The Morgan fingerprint density at radius 1 is 1.36 bits per heavy atom. The number of Topliss-reactive ketones (excluding diaryl/α,β-unsaturated/α-hetero) is 1. The van der Waals surface area contributed by atoms with Gasteiger partial charge in [-0.25, -0.2) is 4.98 Å². The van der Waals surface area contributed by atoms with E-state index >= 15 is 0 Å². The molecule has 76 valence electrons. The first kappa shape index (κ1) is 10.7. The van der Waals surface area contributed by atoms with E-state index in [9.17, 15) is 4.79 Å². The van der Waals surface area contributed by atoms with Gasteiger partial charge in [0.2, 0.25) is 0 Å². The molecule has 0 bridgehead atoms. The lowest BCUT2D eigenvalue weighted by atomic mass is 10.1. The number of carbonyl (C=O) groups excluding carboxylic acids is 1. The van der Waals surface area contributed by atoms with Gasteiger partial charge in [-0.1, -0.05) is 6.07 Å². The van der Waals surface area contributed by atoms with Gasteiger partial charge in [0.25, 0.3) is 0 Å². The molecule has 1 heterocycles. The Labute approximate surface area is 84.6 Å². The number of ketones is 1. The van der Waals surface area contributed by atoms with Gasteiger partial charge in [-0.3, -0.25) is 4.79 Å². The lowest BCUT2D eigenvalue weighted by molar-refractivity contribution is 0.101. The van der Waals surface area contributed by atoms with Gasteiger partial charge in [0.15, 0.2) is 5.78 Å². The first-order valence-corrected chi connectivity index (χ1v) is 4.65. The molecule has 1 aromatic rings. The van der Waals surface area contributed by atoms with Crippen molar-refractivity contribution in [1.82, 2.24) is 4.98 Å². The zero-order chi connectivity index (χ0) is 10.8. The van der Waals surface area contributed by atoms with E-state index < -0.39 is 0 Å². The maximum atomic E-state index is 11.1. The lowest BCUT2D eigenvalue weighted by Crippen LogP contribution is -2.26. The van der Waals surface area contributed by atoms with Crippen molar-refractivity contribution in [2.24, 2.45) is 0 Å². The van der Waals surface area contributed by atoms with E-state index in [0.717, 1.165) is 5.82 Å². The minimum absolute atomic E-state index is 0.0115. The minimum atomic E-state index is -0.0393. The lowest BCUT2D eigenvalue weighted by Gasteiger charge is -2.21. The molecule has 0 saturated heterocycles. The highest BCUT2D eigenvalue weighted by atomic mass is 16.1. The van der Waals surface area contributed by atoms with Crippen LogP contribution in [0.3, 0.4) is 0 Å². The molecule has 14 heavy (non-hydrogen) atoms. The molecule has 0 atom stereocenters. The Morgan fingerprint density at radius 3 is 2.50 bits per heavy atom. The summed E-state index contributed by atoms with van der Waals surface area (Å²) in [4.78, 5) is 15.3. The molecule has 0 saturated carbocycles. The van der Waals surface area contributed by atoms with Gasteiger partial charge in [0, 0.05) is 12.5 Å². The highest BCUT2D eigenvalue weighted by Crippen LogP contribution is 2.12. The number of carbonyl (C=O) groups is 1. The SMILES string of the molecule is CC(=O)c1cccc(NC(C)(C)C)n1. The predicted octanol–water partition coefficient (Wildman–Crippen LogP) is 2.49. The summed E-state index contributed by atoms with van der Waals surface area (Å²) >= 11 is 0. The highest BCUT2D eigenvalue weighted by molar-refractivity contribution is 5.92. The number of nitrogens with one attached hydrogen (secondary N) is 1. The zero-order valence-electron chi connectivity index (χ0n) is 9.09. The molecule has 0 aliphatic carbocycles. The van der Waals surface area contributed by atoms with Gasteiger partial charge in [0.05, 0.1) is 0 Å². The second kappa shape index (κ2) is 3.78. The second-order valence-corrected chi connectivity index (χ2v) is 4.34. The first-order chi connectivity index (χ1) is 6.38. The number of hydrogen-bond donors (Lipinski definition) is 1. The minimum Gasteiger partial charge on any atom is -0.365 e. The van der Waals surface area contributed by atoms with E-state index in [-0.39, 0.29) is 11.3 Å². The Hall–Kier alpha value is -1.38. The highest BCUT2D eigenvalue weighted by Gasteiger charge is 2.10. The number of anilines is 1. The van der Waals surface area contributed by atoms with E-state index in [0.29, 0.717) is 5.69 Å². The Balaban J connectivity index is 2.89. The van der Waals surface area contributed by atoms with Crippen molar-refractivity contribution in [2.45, 2.75) is 33.2 Å². The molecule has 1 N–H and O–H groups in total. The largest absolute Gasteiger partial charge is 0.365 e. The fourth-order valence-electron chi connectivity index (χ4n) is 1.08. The number of nitrogens with zero attached hydrogens (tertiary/aromatic N) is 1. The zero-order valence-corrected chi connectivity index (χ0v) is 9.09. The van der Waals surface area contributed by atoms with Gasteiger partial charge in [-0.05, 0) is 32.9 Å². The molecule has 0 aliphatic rings. The topological polar surface area (TPSA) is 42.0 Å². The summed E-state index contributed by atoms with van der Waals surface area (Å²) < 4.78 is 0. The molecule has 1 aromatic heterocycles. The third kappa shape index (κ3) is 3.17. The van der Waals surface area contributed by atoms with Crippen molar-refractivity contribution in [3.05, 3.63) is 23.9 Å². The third-order valence-electron chi connectivity index (χ3n) is 1.61. The molecule has 3 heteroatoms. The van der Waals surface area contributed by atoms with Crippen LogP contribution >= 0.6 is 0 Å². The number of aromatic nitrogens is 1. The van der Waals surface area contributed by atoms with Crippen molar-refractivity contribution in [2.75, 3.05) is 5.32 Å². The van der Waals surface area contributed by atoms with Crippen LogP contribution in [0.4, 0.5) is 5.82 Å². The molecule has 0 amide bonds. The molecular weight excluding hydrogens is 176 g/mol. The molecule has 0 radical (unpaired) electrons. The van der Waals surface area contributed by atoms with Gasteiger partial charge in [0.1, 0.15) is 11.5 Å². The maximum absolute atomic E-state index is 11.1. The van der Waals surface area contributed by atoms with Gasteiger partial charge in [-0.2, -0.15) is 0 Å². The van der Waals surface area contributed by atoms with Crippen molar-refractivity contribution >= 4 is 11.6 Å². The number of rotatable bonds is 2. The van der Waals surface area contributed by atoms with Gasteiger partial charge >= 0.3 is 0 Å². The summed E-state index contributed by atoms with van der Waals surface area (Å²) in [6.07, 6.45) is 0. The second-order valence-electron chi connectivity index (χ2n) is 4.34. The summed E-state index contributed by atoms with van der Waals surface area (Å²) in [6.45, 7) is 7.67. The van der Waals surface area contributed by atoms with Crippen LogP contribution in [0.25, 0.3) is 0 Å². The van der Waals surface area contributed by atoms with E-state index in [4.69, 9.17) is 0 Å². The molecule has 1 rings (SSSR count). The van der Waals surface area contributed by atoms with E-state index in [1.807, 2.05) is 12.1 Å². The number of hydrogen-bond acceptors (Lipinski definition) is 3. The summed E-state index contributed by atoms with van der Waals surface area (Å²) in [7, 11) is 0. The van der Waals surface area contributed by atoms with Gasteiger partial charge in [-0.15, -0.1) is 0 Å². The standard InChI is InChI=1S/C11H16N2O/c1-8(14)9-6-5-7-10(12-9)13-11(2,3)4/h5-7H,1-4H3,(H,12,13). The van der Waals surface area contributed by atoms with Crippen LogP contribution in [0.2, 0.25) is 0 Å². The summed E-state index contributed by atoms with van der Waals surface area (Å²) in [5, 5.41) is 3.21. The maximum Gasteiger partial charge on any atom is 0.178 e. The molecule has 0 unspecified atom stereocenters. The van der Waals surface area contributed by atoms with Crippen molar-refractivity contribution in [3.63, 3.8) is 0 Å². The molecule has 0 spiro atoms. The summed E-state index contributed by atoms with van der Waals surface area (Å²) in [6, 6.07) is 5.41. The van der Waals surface area contributed by atoms with Crippen molar-refractivity contribution in [3.8, 4) is 0 Å². The van der Waals surface area contributed by atoms with Crippen LogP contribution in [-0.2, 0) is 0 Å². The molecule has 0 fully saturated rings. The molecule has 0 aliphatic heterocycles. The van der Waals surface area contributed by atoms with E-state index in [2.05, 4.69) is 31.1 Å². The van der Waals surface area contributed by atoms with Crippen LogP contribution in [0.15, 0.2) is 18.2 Å². The number of pyridine rings is 1. The van der Waals surface area contributed by atoms with Crippen LogP contribution < -0.4 is 5.32 Å². The predicted molar refractivity (Wildman–Crippen MR) is 57.6 cm³/mol. The first-order valence-electron chi connectivity index (χ1n) is 4.65. The van der Waals surface area contributed by atoms with Crippen LogP contribution in [0, 0.1) is 0 Å². The third-order valence-corrected chi connectivity index (χ3v) is 1.61. The van der Waals surface area contributed by atoms with E-state index in [1.165, 1.54) is 6.92 Å². The molecule has 3 nitrogen and oxygen atoms in total. The monoisotopic (exact) mass is 192 g/mol. The fraction of sp³-hybridized carbons (Fsp3) is 0.455. The normalized spacial score (nSPS) is 11.1.